The van der Waals surface area contributed by atoms with Gasteiger partial charge in [0.05, 0.1) is 9.79 Å². The molecule has 7 rings (SSSR count). The maximum atomic E-state index is 13.6. The van der Waals surface area contributed by atoms with Crippen molar-refractivity contribution >= 4 is 31.7 Å². The molecule has 0 radical (unpaired) electrons. The van der Waals surface area contributed by atoms with E-state index in [1.54, 1.807) is 36.7 Å². The molecule has 2 fully saturated rings. The highest BCUT2D eigenvalue weighted by Crippen LogP contribution is 2.39. The van der Waals surface area contributed by atoms with Crippen LogP contribution in [0.25, 0.3) is 11.1 Å². The van der Waals surface area contributed by atoms with Gasteiger partial charge in [0.15, 0.2) is 0 Å². The van der Waals surface area contributed by atoms with E-state index < -0.39 is 20.0 Å². The lowest BCUT2D eigenvalue weighted by Gasteiger charge is -2.34. The summed E-state index contributed by atoms with van der Waals surface area (Å²) in [5, 5.41) is 0. The molecule has 2 aromatic carbocycles. The minimum Gasteiger partial charge on any atom is -0.354 e. The van der Waals surface area contributed by atoms with Crippen LogP contribution in [0.15, 0.2) is 95.0 Å². The average Bonchev–Trinajstić information content (AvgIpc) is 3.43. The first-order valence-electron chi connectivity index (χ1n) is 14.4. The van der Waals surface area contributed by atoms with Crippen LogP contribution in [0.3, 0.4) is 0 Å². The lowest BCUT2D eigenvalue weighted by atomic mass is 10.1. The third-order valence-electron chi connectivity index (χ3n) is 8.52. The number of benzene rings is 2. The molecule has 4 heterocycles. The summed E-state index contributed by atoms with van der Waals surface area (Å²) in [5.74, 6) is 1.70. The fraction of sp³-hybridized carbons (Fsp3) is 0.290. The summed E-state index contributed by atoms with van der Waals surface area (Å²) in [4.78, 5) is 13.5. The van der Waals surface area contributed by atoms with Gasteiger partial charge in [-0.1, -0.05) is 24.3 Å². The van der Waals surface area contributed by atoms with Crippen LogP contribution in [0.1, 0.15) is 11.1 Å². The van der Waals surface area contributed by atoms with Gasteiger partial charge in [0.25, 0.3) is 0 Å². The summed E-state index contributed by atoms with van der Waals surface area (Å²) in [5.41, 5.74) is 3.67. The van der Waals surface area contributed by atoms with Crippen molar-refractivity contribution in [1.29, 1.82) is 0 Å². The molecule has 0 amide bonds. The molecular formula is C31H32N6O4S2. The molecule has 10 nitrogen and oxygen atoms in total. The van der Waals surface area contributed by atoms with Gasteiger partial charge < -0.3 is 9.80 Å². The number of nitrogens with zero attached hydrogens (tertiary/aromatic N) is 6. The Hall–Kier alpha value is -3.84. The third-order valence-corrected chi connectivity index (χ3v) is 12.3. The summed E-state index contributed by atoms with van der Waals surface area (Å²) in [7, 11) is -7.34. The van der Waals surface area contributed by atoms with Gasteiger partial charge in [0.2, 0.25) is 20.0 Å². The monoisotopic (exact) mass is 616 g/mol. The molecule has 2 aromatic heterocycles. The lowest BCUT2D eigenvalue weighted by molar-refractivity contribution is 0.383. The predicted octanol–water partition coefficient (Wildman–Crippen LogP) is 3.07. The zero-order valence-electron chi connectivity index (χ0n) is 23.6. The molecule has 2 aliphatic heterocycles. The molecule has 2 saturated heterocycles. The SMILES string of the molecule is O=S(=O)(c1ccc2c(c1)Cc1cc(S(=O)(=O)N3CCN(c4ccccn4)CC3)ccc1-2)N1CCN(c2ccccn2)CC1. The van der Waals surface area contributed by atoms with E-state index in [-0.39, 0.29) is 9.79 Å². The van der Waals surface area contributed by atoms with Crippen molar-refractivity contribution in [3.8, 4) is 11.1 Å². The number of pyridine rings is 2. The van der Waals surface area contributed by atoms with Crippen LogP contribution in [-0.4, -0.2) is 87.8 Å². The van der Waals surface area contributed by atoms with Gasteiger partial charge in [0.1, 0.15) is 11.6 Å². The van der Waals surface area contributed by atoms with Crippen molar-refractivity contribution in [2.45, 2.75) is 16.2 Å². The second kappa shape index (κ2) is 11.0. The first kappa shape index (κ1) is 28.0. The number of rotatable bonds is 6. The fourth-order valence-corrected chi connectivity index (χ4v) is 9.13. The number of sulfonamides is 2. The first-order chi connectivity index (χ1) is 20.8. The van der Waals surface area contributed by atoms with E-state index in [9.17, 15) is 16.8 Å². The van der Waals surface area contributed by atoms with Crippen molar-refractivity contribution in [3.05, 3.63) is 96.3 Å². The van der Waals surface area contributed by atoms with Gasteiger partial charge in [0, 0.05) is 64.8 Å². The summed E-state index contributed by atoms with van der Waals surface area (Å²) < 4.78 is 57.4. The third kappa shape index (κ3) is 5.18. The minimum absolute atomic E-state index is 0.268. The van der Waals surface area contributed by atoms with E-state index in [0.717, 1.165) is 33.9 Å². The van der Waals surface area contributed by atoms with Gasteiger partial charge in [-0.15, -0.1) is 0 Å². The maximum absolute atomic E-state index is 13.6. The van der Waals surface area contributed by atoms with Gasteiger partial charge in [-0.2, -0.15) is 8.61 Å². The highest BCUT2D eigenvalue weighted by molar-refractivity contribution is 7.89. The molecule has 222 valence electrons. The Balaban J connectivity index is 1.05. The Kier molecular flexibility index (Phi) is 7.16. The lowest BCUT2D eigenvalue weighted by Crippen LogP contribution is -2.48. The molecule has 43 heavy (non-hydrogen) atoms. The number of hydrogen-bond acceptors (Lipinski definition) is 8. The highest BCUT2D eigenvalue weighted by atomic mass is 32.2. The number of piperazine rings is 2. The van der Waals surface area contributed by atoms with E-state index in [1.165, 1.54) is 8.61 Å². The van der Waals surface area contributed by atoms with Crippen LogP contribution >= 0.6 is 0 Å². The molecule has 12 heteroatoms. The second-order valence-electron chi connectivity index (χ2n) is 11.0. The van der Waals surface area contributed by atoms with Crippen LogP contribution in [-0.2, 0) is 26.5 Å². The number of aromatic nitrogens is 2. The molecule has 4 aromatic rings. The first-order valence-corrected chi connectivity index (χ1v) is 17.3. The maximum Gasteiger partial charge on any atom is 0.243 e. The van der Waals surface area contributed by atoms with Crippen LogP contribution in [0.2, 0.25) is 0 Å². The van der Waals surface area contributed by atoms with E-state index in [0.29, 0.717) is 58.8 Å². The van der Waals surface area contributed by atoms with Gasteiger partial charge in [-0.05, 0) is 77.2 Å². The molecule has 3 aliphatic rings. The van der Waals surface area contributed by atoms with Crippen molar-refractivity contribution in [1.82, 2.24) is 18.6 Å². The smallest absolute Gasteiger partial charge is 0.243 e. The highest BCUT2D eigenvalue weighted by Gasteiger charge is 2.32. The predicted molar refractivity (Wildman–Crippen MR) is 165 cm³/mol. The Morgan fingerprint density at radius 3 is 1.30 bits per heavy atom. The molecular weight excluding hydrogens is 585 g/mol. The van der Waals surface area contributed by atoms with E-state index >= 15 is 0 Å². The van der Waals surface area contributed by atoms with E-state index in [2.05, 4.69) is 19.8 Å². The molecule has 0 spiro atoms. The number of fused-ring (bicyclic) bond motifs is 3. The summed E-state index contributed by atoms with van der Waals surface area (Å²) in [6.45, 7) is 3.82. The fourth-order valence-electron chi connectivity index (χ4n) is 6.18. The summed E-state index contributed by atoms with van der Waals surface area (Å²) >= 11 is 0. The van der Waals surface area contributed by atoms with Crippen molar-refractivity contribution in [2.24, 2.45) is 0 Å². The van der Waals surface area contributed by atoms with Crippen molar-refractivity contribution < 1.29 is 16.8 Å². The van der Waals surface area contributed by atoms with Crippen LogP contribution < -0.4 is 9.80 Å². The van der Waals surface area contributed by atoms with Crippen molar-refractivity contribution in [2.75, 3.05) is 62.2 Å². The quantitative estimate of drug-likeness (QED) is 0.287. The second-order valence-corrected chi connectivity index (χ2v) is 14.8. The van der Waals surface area contributed by atoms with Crippen LogP contribution in [0.4, 0.5) is 11.6 Å². The summed E-state index contributed by atoms with van der Waals surface area (Å²) in [6, 6.07) is 22.0. The molecule has 0 atom stereocenters. The number of hydrogen-bond donors (Lipinski definition) is 0. The molecule has 0 bridgehead atoms. The number of anilines is 2. The van der Waals surface area contributed by atoms with Gasteiger partial charge >= 0.3 is 0 Å². The van der Waals surface area contributed by atoms with Gasteiger partial charge in [-0.25, -0.2) is 26.8 Å². The Morgan fingerprint density at radius 1 is 0.512 bits per heavy atom. The summed E-state index contributed by atoms with van der Waals surface area (Å²) in [6.07, 6.45) is 3.97. The normalized spacial score (nSPS) is 18.0. The topological polar surface area (TPSA) is 107 Å². The van der Waals surface area contributed by atoms with E-state index in [1.807, 2.05) is 48.5 Å². The Morgan fingerprint density at radius 2 is 0.930 bits per heavy atom. The standard InChI is InChI=1S/C31H32N6O4S2/c38-42(39,36-17-13-34(14-18-36)30-5-1-3-11-32-30)26-7-9-28-24(22-26)21-25-23-27(8-10-29(25)28)43(40,41)37-19-15-35(16-20-37)31-6-2-4-12-33-31/h1-12,22-23H,13-21H2. The molecule has 1 aliphatic carbocycles. The zero-order valence-corrected chi connectivity index (χ0v) is 25.2. The van der Waals surface area contributed by atoms with Crippen molar-refractivity contribution in [3.63, 3.8) is 0 Å². The van der Waals surface area contributed by atoms with Crippen LogP contribution in [0, 0.1) is 0 Å². The van der Waals surface area contributed by atoms with E-state index in [4.69, 9.17) is 0 Å². The molecule has 0 saturated carbocycles. The van der Waals surface area contributed by atoms with Gasteiger partial charge in [-0.3, -0.25) is 0 Å². The largest absolute Gasteiger partial charge is 0.354 e. The molecule has 0 N–H and O–H groups in total. The average molecular weight is 617 g/mol. The Bertz CT molecular complexity index is 1720. The Labute approximate surface area is 252 Å². The molecule has 0 unspecified atom stereocenters. The van der Waals surface area contributed by atoms with Crippen LogP contribution in [0.5, 0.6) is 0 Å². The zero-order chi connectivity index (χ0) is 29.6. The minimum atomic E-state index is -3.67.